The molecule has 0 saturated heterocycles. The molecule has 0 fully saturated rings. The number of rotatable bonds is 7. The lowest BCUT2D eigenvalue weighted by atomic mass is 9.98. The lowest BCUT2D eigenvalue weighted by Gasteiger charge is -2.12. The second kappa shape index (κ2) is 7.04. The third-order valence-corrected chi connectivity index (χ3v) is 3.30. The number of hydrogen-bond acceptors (Lipinski definition) is 3. The molecule has 1 N–H and O–H groups in total. The summed E-state index contributed by atoms with van der Waals surface area (Å²) in [5.41, 5.74) is 1.41. The van der Waals surface area contributed by atoms with E-state index in [0.717, 1.165) is 31.8 Å². The second-order valence-electron chi connectivity index (χ2n) is 4.93. The zero-order valence-corrected chi connectivity index (χ0v) is 11.7. The fraction of sp³-hybridized carbons (Fsp3) is 0.467. The summed E-state index contributed by atoms with van der Waals surface area (Å²) in [6, 6.07) is 10.7. The molecule has 1 aromatic heterocycles. The summed E-state index contributed by atoms with van der Waals surface area (Å²) in [6.45, 7) is 4.24. The van der Waals surface area contributed by atoms with E-state index in [2.05, 4.69) is 52.7 Å². The minimum Gasteiger partial charge on any atom is -0.316 e. The van der Waals surface area contributed by atoms with E-state index < -0.39 is 0 Å². The highest BCUT2D eigenvalue weighted by Crippen LogP contribution is 2.17. The van der Waals surface area contributed by atoms with Crippen molar-refractivity contribution in [2.24, 2.45) is 7.05 Å². The molecule has 4 heteroatoms. The van der Waals surface area contributed by atoms with Gasteiger partial charge in [0.25, 0.3) is 0 Å². The van der Waals surface area contributed by atoms with Crippen LogP contribution in [0.3, 0.4) is 0 Å². The van der Waals surface area contributed by atoms with Gasteiger partial charge in [-0.2, -0.15) is 5.10 Å². The molecule has 2 aromatic rings. The van der Waals surface area contributed by atoms with Gasteiger partial charge < -0.3 is 5.32 Å². The van der Waals surface area contributed by atoms with Gasteiger partial charge in [-0.25, -0.2) is 4.98 Å². The molecular formula is C15H22N4. The first-order valence-electron chi connectivity index (χ1n) is 6.86. The number of nitrogens with one attached hydrogen (secondary N) is 1. The Morgan fingerprint density at radius 2 is 2.00 bits per heavy atom. The average Bonchev–Trinajstić information content (AvgIpc) is 2.85. The maximum atomic E-state index is 4.26. The first kappa shape index (κ1) is 13.7. The highest BCUT2D eigenvalue weighted by atomic mass is 15.3. The van der Waals surface area contributed by atoms with Crippen molar-refractivity contribution in [1.82, 2.24) is 20.1 Å². The summed E-state index contributed by atoms with van der Waals surface area (Å²) >= 11 is 0. The van der Waals surface area contributed by atoms with Gasteiger partial charge in [0, 0.05) is 20.0 Å². The fourth-order valence-corrected chi connectivity index (χ4v) is 2.09. The summed E-state index contributed by atoms with van der Waals surface area (Å²) in [7, 11) is 1.89. The molecule has 0 amide bonds. The molecule has 1 heterocycles. The molecular weight excluding hydrogens is 236 g/mol. The van der Waals surface area contributed by atoms with Crippen LogP contribution in [0.2, 0.25) is 0 Å². The predicted molar refractivity (Wildman–Crippen MR) is 77.1 cm³/mol. The van der Waals surface area contributed by atoms with E-state index in [4.69, 9.17) is 0 Å². The zero-order valence-electron chi connectivity index (χ0n) is 11.7. The van der Waals surface area contributed by atoms with Crippen molar-refractivity contribution in [3.05, 3.63) is 48.0 Å². The Balaban J connectivity index is 1.62. The SMILES string of the molecule is CC(CCNCCc1ncn(C)n1)c1ccccc1. The van der Waals surface area contributed by atoms with Crippen LogP contribution in [0.4, 0.5) is 0 Å². The van der Waals surface area contributed by atoms with Crippen LogP contribution in [0.25, 0.3) is 0 Å². The third kappa shape index (κ3) is 4.48. The highest BCUT2D eigenvalue weighted by Gasteiger charge is 2.04. The van der Waals surface area contributed by atoms with Crippen LogP contribution in [0.15, 0.2) is 36.7 Å². The van der Waals surface area contributed by atoms with Crippen molar-refractivity contribution >= 4 is 0 Å². The maximum Gasteiger partial charge on any atom is 0.151 e. The lowest BCUT2D eigenvalue weighted by molar-refractivity contribution is 0.588. The van der Waals surface area contributed by atoms with E-state index >= 15 is 0 Å². The van der Waals surface area contributed by atoms with Gasteiger partial charge in [-0.3, -0.25) is 4.68 Å². The van der Waals surface area contributed by atoms with Crippen molar-refractivity contribution < 1.29 is 0 Å². The van der Waals surface area contributed by atoms with Crippen LogP contribution < -0.4 is 5.32 Å². The molecule has 1 unspecified atom stereocenters. The summed E-state index contributed by atoms with van der Waals surface area (Å²) in [4.78, 5) is 4.21. The van der Waals surface area contributed by atoms with Crippen molar-refractivity contribution in [3.63, 3.8) is 0 Å². The Bertz CT molecular complexity index is 478. The van der Waals surface area contributed by atoms with Crippen molar-refractivity contribution in [1.29, 1.82) is 0 Å². The van der Waals surface area contributed by atoms with E-state index in [1.807, 2.05) is 7.05 Å². The monoisotopic (exact) mass is 258 g/mol. The van der Waals surface area contributed by atoms with Gasteiger partial charge >= 0.3 is 0 Å². The molecule has 1 atom stereocenters. The third-order valence-electron chi connectivity index (χ3n) is 3.30. The van der Waals surface area contributed by atoms with Crippen molar-refractivity contribution in [2.75, 3.05) is 13.1 Å². The summed E-state index contributed by atoms with van der Waals surface area (Å²) in [5, 5.41) is 7.71. The predicted octanol–water partition coefficient (Wildman–Crippen LogP) is 2.14. The van der Waals surface area contributed by atoms with Crippen LogP contribution in [-0.4, -0.2) is 27.9 Å². The molecule has 0 spiro atoms. The van der Waals surface area contributed by atoms with Gasteiger partial charge in [0.05, 0.1) is 0 Å². The lowest BCUT2D eigenvalue weighted by Crippen LogP contribution is -2.20. The summed E-state index contributed by atoms with van der Waals surface area (Å²) in [6.07, 6.45) is 3.78. The first-order chi connectivity index (χ1) is 9.25. The van der Waals surface area contributed by atoms with Gasteiger partial charge in [0.15, 0.2) is 5.82 Å². The molecule has 102 valence electrons. The van der Waals surface area contributed by atoms with Crippen LogP contribution >= 0.6 is 0 Å². The van der Waals surface area contributed by atoms with Crippen LogP contribution in [0, 0.1) is 0 Å². The molecule has 0 saturated carbocycles. The van der Waals surface area contributed by atoms with E-state index in [9.17, 15) is 0 Å². The first-order valence-corrected chi connectivity index (χ1v) is 6.86. The molecule has 0 aliphatic rings. The molecule has 0 radical (unpaired) electrons. The van der Waals surface area contributed by atoms with Crippen LogP contribution in [0.5, 0.6) is 0 Å². The average molecular weight is 258 g/mol. The summed E-state index contributed by atoms with van der Waals surface area (Å²) < 4.78 is 1.74. The van der Waals surface area contributed by atoms with Crippen LogP contribution in [0.1, 0.15) is 30.7 Å². The van der Waals surface area contributed by atoms with Gasteiger partial charge in [-0.05, 0) is 24.4 Å². The van der Waals surface area contributed by atoms with Gasteiger partial charge in [-0.15, -0.1) is 0 Å². The Kier molecular flexibility index (Phi) is 5.10. The smallest absolute Gasteiger partial charge is 0.151 e. The van der Waals surface area contributed by atoms with Crippen LogP contribution in [-0.2, 0) is 13.5 Å². The molecule has 2 rings (SSSR count). The second-order valence-corrected chi connectivity index (χ2v) is 4.93. The Morgan fingerprint density at radius 1 is 1.21 bits per heavy atom. The van der Waals surface area contributed by atoms with E-state index in [0.29, 0.717) is 5.92 Å². The number of hydrogen-bond donors (Lipinski definition) is 1. The van der Waals surface area contributed by atoms with Gasteiger partial charge in [-0.1, -0.05) is 37.3 Å². The topological polar surface area (TPSA) is 42.7 Å². The molecule has 0 bridgehead atoms. The standard InChI is InChI=1S/C15H22N4/c1-13(14-6-4-3-5-7-14)8-10-16-11-9-15-17-12-19(2)18-15/h3-7,12-13,16H,8-11H2,1-2H3. The van der Waals surface area contributed by atoms with E-state index in [1.165, 1.54) is 5.56 Å². The normalized spacial score (nSPS) is 12.5. The Hall–Kier alpha value is -1.68. The minimum absolute atomic E-state index is 0.599. The van der Waals surface area contributed by atoms with Crippen molar-refractivity contribution in [2.45, 2.75) is 25.7 Å². The number of aromatic nitrogens is 3. The molecule has 0 aliphatic heterocycles. The minimum atomic E-state index is 0.599. The summed E-state index contributed by atoms with van der Waals surface area (Å²) in [5.74, 6) is 1.51. The largest absolute Gasteiger partial charge is 0.316 e. The van der Waals surface area contributed by atoms with Gasteiger partial charge in [0.1, 0.15) is 6.33 Å². The molecule has 4 nitrogen and oxygen atoms in total. The Labute approximate surface area is 114 Å². The van der Waals surface area contributed by atoms with E-state index in [1.54, 1.807) is 11.0 Å². The van der Waals surface area contributed by atoms with E-state index in [-0.39, 0.29) is 0 Å². The highest BCUT2D eigenvalue weighted by molar-refractivity contribution is 5.18. The molecule has 19 heavy (non-hydrogen) atoms. The zero-order chi connectivity index (χ0) is 13.5. The molecule has 1 aromatic carbocycles. The number of benzene rings is 1. The number of aryl methyl sites for hydroxylation is 1. The number of nitrogens with zero attached hydrogens (tertiary/aromatic N) is 3. The Morgan fingerprint density at radius 3 is 2.68 bits per heavy atom. The maximum absolute atomic E-state index is 4.26. The van der Waals surface area contributed by atoms with Crippen molar-refractivity contribution in [3.8, 4) is 0 Å². The van der Waals surface area contributed by atoms with Gasteiger partial charge in [0.2, 0.25) is 0 Å². The molecule has 0 aliphatic carbocycles. The fourth-order valence-electron chi connectivity index (χ4n) is 2.09. The quantitative estimate of drug-likeness (QED) is 0.774.